The van der Waals surface area contributed by atoms with Gasteiger partial charge in [0.05, 0.1) is 22.1 Å². The number of nitrogens with one attached hydrogen (secondary N) is 1. The van der Waals surface area contributed by atoms with Crippen LogP contribution < -0.4 is 5.32 Å². The largest absolute Gasteiger partial charge is 0.456 e. The van der Waals surface area contributed by atoms with Gasteiger partial charge in [0.15, 0.2) is 23.3 Å². The molecule has 0 amide bonds. The zero-order valence-corrected chi connectivity index (χ0v) is 76.1. The van der Waals surface area contributed by atoms with E-state index in [2.05, 4.69) is 409 Å². The first kappa shape index (κ1) is 79.1. The Balaban J connectivity index is 0.586. The minimum atomic E-state index is -0.496. The molecule has 0 fully saturated rings. The van der Waals surface area contributed by atoms with Crippen molar-refractivity contribution in [3.63, 3.8) is 0 Å². The Morgan fingerprint density at radius 1 is 0.204 bits per heavy atom. The van der Waals surface area contributed by atoms with Crippen molar-refractivity contribution in [2.75, 3.05) is 0 Å². The molecule has 7 aromatic heterocycles. The molecule has 22 aromatic carbocycles. The van der Waals surface area contributed by atoms with Crippen molar-refractivity contribution in [2.24, 2.45) is 9.98 Å². The molecule has 0 saturated carbocycles. The summed E-state index contributed by atoms with van der Waals surface area (Å²) < 4.78 is 32.1. The molecule has 1 atom stereocenters. The number of furan rings is 4. The van der Waals surface area contributed by atoms with E-state index in [0.717, 1.165) is 248 Å². The minimum Gasteiger partial charge on any atom is -0.456 e. The summed E-state index contributed by atoms with van der Waals surface area (Å²) in [7, 11) is 0. The van der Waals surface area contributed by atoms with Gasteiger partial charge in [-0.2, -0.15) is 0 Å². The maximum Gasteiger partial charge on any atom is 0.164 e. The van der Waals surface area contributed by atoms with E-state index in [-0.39, 0.29) is 0 Å². The molecular formula is C130H76N8O4. The first-order valence-corrected chi connectivity index (χ1v) is 48.1. The number of fused-ring (bicyclic) bond motifs is 24. The van der Waals surface area contributed by atoms with E-state index in [1.165, 1.54) is 26.9 Å². The molecule has 1 N–H and O–H groups in total. The van der Waals surface area contributed by atoms with Gasteiger partial charge in [-0.05, 0) is 238 Å². The van der Waals surface area contributed by atoms with Crippen LogP contribution in [0.3, 0.4) is 0 Å². The summed E-state index contributed by atoms with van der Waals surface area (Å²) in [6.45, 7) is 0. The van der Waals surface area contributed by atoms with Gasteiger partial charge in [0.25, 0.3) is 0 Å². The Labute approximate surface area is 810 Å². The number of benzene rings is 22. The lowest BCUT2D eigenvalue weighted by atomic mass is 9.93. The zero-order valence-electron chi connectivity index (χ0n) is 76.1. The summed E-state index contributed by atoms with van der Waals surface area (Å²) in [6, 6.07) is 160. The molecule has 1 aliphatic heterocycles. The highest BCUT2D eigenvalue weighted by Gasteiger charge is 2.31. The maximum absolute atomic E-state index is 7.02. The third-order valence-corrected chi connectivity index (χ3v) is 29.2. The summed E-state index contributed by atoms with van der Waals surface area (Å²) in [5, 5.41) is 25.4. The third-order valence-electron chi connectivity index (χ3n) is 29.2. The molecule has 0 saturated heterocycles. The first-order chi connectivity index (χ1) is 70.3. The third kappa shape index (κ3) is 12.5. The van der Waals surface area contributed by atoms with Crippen LogP contribution in [-0.4, -0.2) is 35.8 Å². The number of hydrogen-bond donors (Lipinski definition) is 1. The molecule has 29 aromatic rings. The van der Waals surface area contributed by atoms with E-state index in [4.69, 9.17) is 42.6 Å². The first-order valence-electron chi connectivity index (χ1n) is 48.1. The molecule has 0 radical (unpaired) electrons. The highest BCUT2D eigenvalue weighted by atomic mass is 16.3. The molecule has 12 nitrogen and oxygen atoms in total. The molecule has 8 heterocycles. The second-order valence-electron chi connectivity index (χ2n) is 37.2. The van der Waals surface area contributed by atoms with E-state index in [0.29, 0.717) is 28.9 Å². The number of aliphatic imine (C=N–C) groups is 2. The van der Waals surface area contributed by atoms with E-state index < -0.39 is 6.17 Å². The molecule has 1 aliphatic rings. The van der Waals surface area contributed by atoms with Crippen LogP contribution in [0.15, 0.2) is 477 Å². The summed E-state index contributed by atoms with van der Waals surface area (Å²) in [4.78, 5) is 28.5. The van der Waals surface area contributed by atoms with E-state index in [1.54, 1.807) is 0 Å². The topological polar surface area (TPSA) is 138 Å². The van der Waals surface area contributed by atoms with Gasteiger partial charge in [0, 0.05) is 104 Å². The molecule has 12 heteroatoms. The van der Waals surface area contributed by atoms with Gasteiger partial charge in [0.2, 0.25) is 0 Å². The number of para-hydroxylation sites is 3. The molecule has 142 heavy (non-hydrogen) atoms. The van der Waals surface area contributed by atoms with Crippen LogP contribution in [-0.2, 0) is 0 Å². The monoisotopic (exact) mass is 1810 g/mol. The van der Waals surface area contributed by atoms with Crippen LogP contribution in [0.1, 0.15) is 22.9 Å². The predicted octanol–water partition coefficient (Wildman–Crippen LogP) is 34.1. The molecular weight excluding hydrogens is 1740 g/mol. The van der Waals surface area contributed by atoms with Crippen molar-refractivity contribution in [3.05, 3.63) is 466 Å². The second-order valence-corrected chi connectivity index (χ2v) is 37.2. The molecule has 660 valence electrons. The van der Waals surface area contributed by atoms with Crippen LogP contribution in [0.4, 0.5) is 0 Å². The number of rotatable bonds is 13. The molecule has 30 rings (SSSR count). The van der Waals surface area contributed by atoms with Crippen LogP contribution in [0.2, 0.25) is 0 Å². The molecule has 0 spiro atoms. The Hall–Kier alpha value is -19.2. The number of aromatic nitrogens is 5. The van der Waals surface area contributed by atoms with E-state index >= 15 is 0 Å². The lowest BCUT2D eigenvalue weighted by Crippen LogP contribution is -2.33. The fraction of sp³-hybridized carbons (Fsp3) is 0.00769. The second kappa shape index (κ2) is 31.2. The van der Waals surface area contributed by atoms with Crippen LogP contribution >= 0.6 is 0 Å². The Morgan fingerprint density at radius 3 is 1.12 bits per heavy atom. The van der Waals surface area contributed by atoms with Crippen molar-refractivity contribution in [3.8, 4) is 101 Å². The van der Waals surface area contributed by atoms with Crippen molar-refractivity contribution in [1.29, 1.82) is 0 Å². The molecule has 1 unspecified atom stereocenters. The van der Waals surface area contributed by atoms with Gasteiger partial charge in [-0.3, -0.25) is 0 Å². The Morgan fingerprint density at radius 2 is 0.585 bits per heavy atom. The van der Waals surface area contributed by atoms with Gasteiger partial charge in [0.1, 0.15) is 56.7 Å². The average Bonchev–Trinajstić information content (AvgIpc) is 1.55. The lowest BCUT2D eigenvalue weighted by Gasteiger charge is -2.25. The maximum atomic E-state index is 7.02. The number of nitrogens with zero attached hydrogens (tertiary/aromatic N) is 7. The van der Waals surface area contributed by atoms with Gasteiger partial charge in [-0.1, -0.05) is 315 Å². The van der Waals surface area contributed by atoms with Crippen LogP contribution in [0.25, 0.3) is 276 Å². The Bertz CT molecular complexity index is 10500. The van der Waals surface area contributed by atoms with Crippen molar-refractivity contribution >= 4 is 186 Å². The van der Waals surface area contributed by atoms with Crippen LogP contribution in [0, 0.1) is 0 Å². The van der Waals surface area contributed by atoms with Crippen molar-refractivity contribution in [2.45, 2.75) is 6.17 Å². The number of amidine groups is 2. The summed E-state index contributed by atoms with van der Waals surface area (Å²) in [5.41, 5.74) is 28.0. The average molecular weight is 1810 g/mol. The summed E-state index contributed by atoms with van der Waals surface area (Å²) >= 11 is 0. The zero-order chi connectivity index (χ0) is 92.9. The minimum absolute atomic E-state index is 0.473. The SMILES string of the molecule is c1ccc(-c2ccc(C3=NC(c4ccc(-n5c6cc7ccccc7cc6c6c7ccc(-c8ccc9oc%10cccc(-c%11nc(-c%12ccc(-n%13c%14cc%15ccccc%15cc%14c%14c%15ccccc%15ccc%14%13)cc%12-c%12cccc%13oc%14ccccc%14c%12%13)nc(-c%12cccc%13oc%14ccccc%14c%12%13)n%11)c%10c9c8)cc7ccc65)cc4-c4cccc5oc6ccccc6c45)=NC(c4ccc(-c5ccccc5)cc4)N3)cc2)cc1. The van der Waals surface area contributed by atoms with E-state index in [9.17, 15) is 0 Å². The fourth-order valence-electron chi connectivity index (χ4n) is 22.6. The smallest absolute Gasteiger partial charge is 0.164 e. The summed E-state index contributed by atoms with van der Waals surface area (Å²) in [6.07, 6.45) is -0.496. The lowest BCUT2D eigenvalue weighted by molar-refractivity contribution is 0.668. The molecule has 0 aliphatic carbocycles. The van der Waals surface area contributed by atoms with Gasteiger partial charge in [-0.25, -0.2) is 24.9 Å². The standard InChI is InChI=1S/C130H76N8O4/c1-3-23-75(24-4-1)77-47-51-80(52-48-77)125-131-126(81-53-49-78(50-54-81)76-25-5-2-6-26-76)133-127(132-125)95-62-59-90(73-102(95)93-36-19-43-115-121(93)97-33-13-16-40-111(97)139-115)138-108-65-57-88-67-86(55-61-92(88)120(108)105-69-83-29-8-10-31-85(83)72-110(105)138)87-58-66-114-106(70-87)124-101(39-22-46-118(124)142-114)130-135-128(134-129(136-130)100-38-21-45-117-123(100)99-35-15-18-42-113(99)141-117)96-63-60-89(74-103(96)94-37-20-44-116-122(94)98-34-14-17-41-112(98)140-116)137-107-64-56-79-27-11-12-32-91(79)119(107)104-68-82-28-7-9-30-84(82)71-109(104)137/h1-74,125H,(H,131,132,133). The molecule has 0 bridgehead atoms. The predicted molar refractivity (Wildman–Crippen MR) is 583 cm³/mol. The summed E-state index contributed by atoms with van der Waals surface area (Å²) in [5.74, 6) is 2.75. The highest BCUT2D eigenvalue weighted by Crippen LogP contribution is 2.50. The van der Waals surface area contributed by atoms with Gasteiger partial charge < -0.3 is 32.1 Å². The van der Waals surface area contributed by atoms with Gasteiger partial charge in [-0.15, -0.1) is 0 Å². The van der Waals surface area contributed by atoms with Crippen LogP contribution in [0.5, 0.6) is 0 Å². The fourth-order valence-corrected chi connectivity index (χ4v) is 22.6. The van der Waals surface area contributed by atoms with E-state index in [1.807, 2.05) is 54.6 Å². The van der Waals surface area contributed by atoms with Crippen molar-refractivity contribution < 1.29 is 17.7 Å². The quantitative estimate of drug-likeness (QED) is 0.120. The normalized spacial score (nSPS) is 13.1. The highest BCUT2D eigenvalue weighted by molar-refractivity contribution is 6.27. The van der Waals surface area contributed by atoms with Crippen molar-refractivity contribution in [1.82, 2.24) is 29.4 Å². The number of hydrogen-bond acceptors (Lipinski definition) is 10. The van der Waals surface area contributed by atoms with Gasteiger partial charge >= 0.3 is 0 Å². The Kier molecular flexibility index (Phi) is 17.4.